The van der Waals surface area contributed by atoms with Gasteiger partial charge in [0.2, 0.25) is 5.84 Å². The first kappa shape index (κ1) is 19.8. The van der Waals surface area contributed by atoms with Crippen LogP contribution in [0.3, 0.4) is 0 Å². The number of aromatic hydroxyl groups is 1. The highest BCUT2D eigenvalue weighted by atomic mass is 16.3. The number of carbonyl (C=O) groups excluding carboxylic acids is 2. The van der Waals surface area contributed by atoms with E-state index in [2.05, 4.69) is 10.4 Å². The van der Waals surface area contributed by atoms with Gasteiger partial charge < -0.3 is 14.9 Å². The molecule has 0 unspecified atom stereocenters. The van der Waals surface area contributed by atoms with E-state index in [1.807, 2.05) is 49.2 Å². The van der Waals surface area contributed by atoms with Crippen molar-refractivity contribution < 1.29 is 14.7 Å². The molecular formula is C22H25N5O3. The average Bonchev–Trinajstić information content (AvgIpc) is 3.23. The number of rotatable bonds is 3. The summed E-state index contributed by atoms with van der Waals surface area (Å²) in [5.41, 5.74) is 3.90. The van der Waals surface area contributed by atoms with Crippen LogP contribution in [0.25, 0.3) is 0 Å². The maximum absolute atomic E-state index is 13.2. The molecule has 0 aromatic heterocycles. The van der Waals surface area contributed by atoms with Crippen LogP contribution in [0, 0.1) is 0 Å². The molecule has 1 fully saturated rings. The fourth-order valence-corrected chi connectivity index (χ4v) is 3.86. The highest BCUT2D eigenvalue weighted by Crippen LogP contribution is 2.24. The second-order valence-electron chi connectivity index (χ2n) is 8.07. The highest BCUT2D eigenvalue weighted by Gasteiger charge is 2.40. The fourth-order valence-electron chi connectivity index (χ4n) is 3.86. The van der Waals surface area contributed by atoms with E-state index in [0.717, 1.165) is 5.69 Å². The summed E-state index contributed by atoms with van der Waals surface area (Å²) in [5, 5.41) is 11.5. The molecule has 4 rings (SSSR count). The van der Waals surface area contributed by atoms with E-state index in [-0.39, 0.29) is 17.6 Å². The van der Waals surface area contributed by atoms with Crippen molar-refractivity contribution in [3.63, 3.8) is 0 Å². The third kappa shape index (κ3) is 3.80. The SMILES string of the molecule is CC1(C)CN(C(=O)c2cccc(O)c2)CCN1C(=O)C1=NCN(c2ccccc2)N1. The highest BCUT2D eigenvalue weighted by molar-refractivity contribution is 6.38. The van der Waals surface area contributed by atoms with Crippen LogP contribution in [0.1, 0.15) is 24.2 Å². The van der Waals surface area contributed by atoms with Crippen molar-refractivity contribution >= 4 is 23.3 Å². The Labute approximate surface area is 175 Å². The number of amides is 2. The minimum absolute atomic E-state index is 0.0576. The first-order valence-corrected chi connectivity index (χ1v) is 9.89. The molecule has 8 nitrogen and oxygen atoms in total. The quantitative estimate of drug-likeness (QED) is 0.811. The van der Waals surface area contributed by atoms with Crippen molar-refractivity contribution in [3.8, 4) is 5.75 Å². The summed E-state index contributed by atoms with van der Waals surface area (Å²) in [6, 6.07) is 16.0. The van der Waals surface area contributed by atoms with Crippen molar-refractivity contribution in [3.05, 3.63) is 60.2 Å². The molecule has 0 saturated carbocycles. The van der Waals surface area contributed by atoms with Gasteiger partial charge in [-0.3, -0.25) is 20.0 Å². The molecule has 8 heteroatoms. The molecule has 0 spiro atoms. The van der Waals surface area contributed by atoms with Gasteiger partial charge >= 0.3 is 0 Å². The van der Waals surface area contributed by atoms with E-state index in [9.17, 15) is 14.7 Å². The molecule has 0 bridgehead atoms. The molecule has 2 heterocycles. The zero-order valence-corrected chi connectivity index (χ0v) is 17.1. The number of anilines is 1. The number of para-hydroxylation sites is 1. The van der Waals surface area contributed by atoms with Gasteiger partial charge in [-0.05, 0) is 44.2 Å². The Morgan fingerprint density at radius 2 is 1.80 bits per heavy atom. The Hall–Kier alpha value is -3.55. The number of aliphatic imine (C=N–C) groups is 1. The third-order valence-electron chi connectivity index (χ3n) is 5.41. The maximum atomic E-state index is 13.2. The standard InChI is InChI=1S/C22H25N5O3/c1-22(2)14-25(20(29)16-7-6-10-18(28)13-16)11-12-26(22)21(30)19-23-15-27(24-19)17-8-4-3-5-9-17/h3-10,13,28H,11-12,14-15H2,1-2H3,(H,23,24). The van der Waals surface area contributed by atoms with E-state index in [0.29, 0.717) is 37.7 Å². The van der Waals surface area contributed by atoms with Crippen molar-refractivity contribution in [1.29, 1.82) is 0 Å². The van der Waals surface area contributed by atoms with E-state index >= 15 is 0 Å². The van der Waals surface area contributed by atoms with Gasteiger partial charge in [-0.2, -0.15) is 0 Å². The molecule has 1 saturated heterocycles. The molecule has 0 radical (unpaired) electrons. The number of phenolic OH excluding ortho intramolecular Hbond substituents is 1. The first-order chi connectivity index (χ1) is 14.3. The summed E-state index contributed by atoms with van der Waals surface area (Å²) >= 11 is 0. The number of nitrogens with zero attached hydrogens (tertiary/aromatic N) is 4. The summed E-state index contributed by atoms with van der Waals surface area (Å²) < 4.78 is 0. The van der Waals surface area contributed by atoms with Crippen LogP contribution in [-0.2, 0) is 4.79 Å². The smallest absolute Gasteiger partial charge is 0.291 e. The molecule has 2 N–H and O–H groups in total. The van der Waals surface area contributed by atoms with Crippen LogP contribution < -0.4 is 10.4 Å². The number of hydrogen-bond donors (Lipinski definition) is 2. The minimum Gasteiger partial charge on any atom is -0.508 e. The molecule has 0 aliphatic carbocycles. The Morgan fingerprint density at radius 1 is 1.03 bits per heavy atom. The Morgan fingerprint density at radius 3 is 2.50 bits per heavy atom. The number of amidine groups is 1. The van der Waals surface area contributed by atoms with Crippen LogP contribution in [0.15, 0.2) is 59.6 Å². The van der Waals surface area contributed by atoms with Gasteiger partial charge in [0.15, 0.2) is 0 Å². The lowest BCUT2D eigenvalue weighted by Crippen LogP contribution is -2.64. The van der Waals surface area contributed by atoms with E-state index in [4.69, 9.17) is 0 Å². The van der Waals surface area contributed by atoms with Gasteiger partial charge in [0.05, 0.1) is 11.2 Å². The lowest BCUT2D eigenvalue weighted by molar-refractivity contribution is -0.132. The number of carbonyl (C=O) groups is 2. The molecule has 2 amide bonds. The Kier molecular flexibility index (Phi) is 5.07. The van der Waals surface area contributed by atoms with Gasteiger partial charge in [0.25, 0.3) is 11.8 Å². The number of phenols is 1. The molecule has 2 aromatic rings. The zero-order chi connectivity index (χ0) is 21.3. The molecule has 156 valence electrons. The molecule has 0 atom stereocenters. The predicted molar refractivity (Wildman–Crippen MR) is 114 cm³/mol. The van der Waals surface area contributed by atoms with Gasteiger partial charge in [0, 0.05) is 25.2 Å². The number of benzene rings is 2. The summed E-state index contributed by atoms with van der Waals surface area (Å²) in [6.45, 7) is 5.46. The van der Waals surface area contributed by atoms with Crippen LogP contribution >= 0.6 is 0 Å². The van der Waals surface area contributed by atoms with E-state index in [1.165, 1.54) is 12.1 Å². The van der Waals surface area contributed by atoms with Gasteiger partial charge in [-0.15, -0.1) is 0 Å². The number of hydrogen-bond acceptors (Lipinski definition) is 6. The molecular weight excluding hydrogens is 382 g/mol. The molecule has 2 aliphatic rings. The average molecular weight is 407 g/mol. The second-order valence-corrected chi connectivity index (χ2v) is 8.07. The normalized spacial score (nSPS) is 18.1. The monoisotopic (exact) mass is 407 g/mol. The summed E-state index contributed by atoms with van der Waals surface area (Å²) in [6.07, 6.45) is 0. The minimum atomic E-state index is -0.563. The van der Waals surface area contributed by atoms with E-state index in [1.54, 1.807) is 21.9 Å². The van der Waals surface area contributed by atoms with Crippen LogP contribution in [0.2, 0.25) is 0 Å². The van der Waals surface area contributed by atoms with Gasteiger partial charge in [0.1, 0.15) is 12.4 Å². The Bertz CT molecular complexity index is 989. The topological polar surface area (TPSA) is 88.5 Å². The Balaban J connectivity index is 1.43. The number of hydrazine groups is 1. The van der Waals surface area contributed by atoms with Crippen LogP contribution in [0.4, 0.5) is 5.69 Å². The largest absolute Gasteiger partial charge is 0.508 e. The van der Waals surface area contributed by atoms with Crippen LogP contribution in [0.5, 0.6) is 5.75 Å². The summed E-state index contributed by atoms with van der Waals surface area (Å²) in [4.78, 5) is 33.9. The van der Waals surface area contributed by atoms with Crippen molar-refractivity contribution in [1.82, 2.24) is 15.2 Å². The van der Waals surface area contributed by atoms with Gasteiger partial charge in [-0.25, -0.2) is 4.99 Å². The van der Waals surface area contributed by atoms with Crippen molar-refractivity contribution in [2.24, 2.45) is 4.99 Å². The summed E-state index contributed by atoms with van der Waals surface area (Å²) in [7, 11) is 0. The molecule has 2 aliphatic heterocycles. The summed E-state index contributed by atoms with van der Waals surface area (Å²) in [5.74, 6) is 0.0300. The van der Waals surface area contributed by atoms with Gasteiger partial charge in [-0.1, -0.05) is 24.3 Å². The third-order valence-corrected chi connectivity index (χ3v) is 5.41. The van der Waals surface area contributed by atoms with Crippen LogP contribution in [-0.4, -0.2) is 64.4 Å². The predicted octanol–water partition coefficient (Wildman–Crippen LogP) is 1.84. The fraction of sp³-hybridized carbons (Fsp3) is 0.318. The van der Waals surface area contributed by atoms with E-state index < -0.39 is 5.54 Å². The molecule has 2 aromatic carbocycles. The maximum Gasteiger partial charge on any atom is 0.291 e. The van der Waals surface area contributed by atoms with Crippen molar-refractivity contribution in [2.75, 3.05) is 31.3 Å². The molecule has 30 heavy (non-hydrogen) atoms. The number of nitrogens with one attached hydrogen (secondary N) is 1. The second kappa shape index (κ2) is 7.70. The lowest BCUT2D eigenvalue weighted by atomic mass is 9.97. The lowest BCUT2D eigenvalue weighted by Gasteiger charge is -2.47. The zero-order valence-electron chi connectivity index (χ0n) is 17.1. The first-order valence-electron chi connectivity index (χ1n) is 9.89. The number of piperazine rings is 1. The van der Waals surface area contributed by atoms with Crippen molar-refractivity contribution in [2.45, 2.75) is 19.4 Å².